The lowest BCUT2D eigenvalue weighted by atomic mass is 10.0. The van der Waals surface area contributed by atoms with Crippen LogP contribution < -0.4 is 5.73 Å². The van der Waals surface area contributed by atoms with Crippen molar-refractivity contribution in [2.75, 3.05) is 0 Å². The average molecular weight is 263 g/mol. The molecule has 102 valence electrons. The summed E-state index contributed by atoms with van der Waals surface area (Å²) >= 11 is 0. The van der Waals surface area contributed by atoms with Gasteiger partial charge in [0.25, 0.3) is 0 Å². The van der Waals surface area contributed by atoms with Gasteiger partial charge in [0.15, 0.2) is 0 Å². The molecule has 0 amide bonds. The molecule has 0 radical (unpaired) electrons. The molecule has 0 saturated carbocycles. The number of carbonyl (C=O) groups is 2. The fourth-order valence-electron chi connectivity index (χ4n) is 1.64. The van der Waals surface area contributed by atoms with E-state index in [0.717, 1.165) is 5.56 Å². The Hall–Kier alpha value is -2.14. The lowest BCUT2D eigenvalue weighted by Crippen LogP contribution is -2.31. The number of aliphatic carboxylic acids is 2. The molecule has 1 rings (SSSR count). The molecule has 0 aliphatic carbocycles. The summed E-state index contributed by atoms with van der Waals surface area (Å²) < 4.78 is 0. The van der Waals surface area contributed by atoms with E-state index in [1.807, 2.05) is 30.3 Å². The zero-order valence-electron chi connectivity index (χ0n) is 10.5. The van der Waals surface area contributed by atoms with E-state index in [2.05, 4.69) is 0 Å². The smallest absolute Gasteiger partial charge is 0.331 e. The molecule has 5 nitrogen and oxygen atoms in total. The zero-order chi connectivity index (χ0) is 14.3. The summed E-state index contributed by atoms with van der Waals surface area (Å²) in [4.78, 5) is 21.6. The molecule has 0 saturated heterocycles. The van der Waals surface area contributed by atoms with Gasteiger partial charge in [0.2, 0.25) is 0 Å². The number of benzene rings is 1. The van der Waals surface area contributed by atoms with E-state index >= 15 is 0 Å². The lowest BCUT2D eigenvalue weighted by Gasteiger charge is -2.07. The van der Waals surface area contributed by atoms with Crippen LogP contribution in [0.15, 0.2) is 42.0 Å². The van der Waals surface area contributed by atoms with Gasteiger partial charge in [-0.2, -0.15) is 0 Å². The van der Waals surface area contributed by atoms with E-state index < -0.39 is 18.0 Å². The normalized spacial score (nSPS) is 13.0. The summed E-state index contributed by atoms with van der Waals surface area (Å²) in [5.41, 5.74) is 6.48. The fourth-order valence-corrected chi connectivity index (χ4v) is 1.64. The Labute approximate surface area is 111 Å². The molecular weight excluding hydrogens is 246 g/mol. The van der Waals surface area contributed by atoms with Gasteiger partial charge in [0.05, 0.1) is 0 Å². The highest BCUT2D eigenvalue weighted by atomic mass is 16.4. The summed E-state index contributed by atoms with van der Waals surface area (Å²) in [6, 6.07) is 8.47. The van der Waals surface area contributed by atoms with Crippen LogP contribution in [0.25, 0.3) is 0 Å². The third kappa shape index (κ3) is 5.35. The average Bonchev–Trinajstić information content (AvgIpc) is 2.38. The van der Waals surface area contributed by atoms with Crippen molar-refractivity contribution in [2.45, 2.75) is 25.3 Å². The van der Waals surface area contributed by atoms with Crippen molar-refractivity contribution < 1.29 is 19.8 Å². The Kier molecular flexibility index (Phi) is 5.75. The third-order valence-electron chi connectivity index (χ3n) is 2.70. The molecule has 1 aromatic carbocycles. The summed E-state index contributed by atoms with van der Waals surface area (Å²) in [7, 11) is 0. The van der Waals surface area contributed by atoms with Crippen LogP contribution in [0, 0.1) is 0 Å². The molecule has 0 bridgehead atoms. The molecule has 0 spiro atoms. The molecule has 1 aromatic rings. The number of hydrogen-bond acceptors (Lipinski definition) is 3. The van der Waals surface area contributed by atoms with E-state index in [1.54, 1.807) is 0 Å². The fraction of sp³-hybridized carbons (Fsp3) is 0.286. The molecular formula is C14H17NO4. The monoisotopic (exact) mass is 263 g/mol. The molecule has 0 fully saturated rings. The van der Waals surface area contributed by atoms with Crippen molar-refractivity contribution in [3.8, 4) is 0 Å². The number of aryl methyl sites for hydroxylation is 1. The van der Waals surface area contributed by atoms with Crippen molar-refractivity contribution in [2.24, 2.45) is 5.73 Å². The third-order valence-corrected chi connectivity index (χ3v) is 2.70. The number of carboxylic acids is 2. The first kappa shape index (κ1) is 14.9. The van der Waals surface area contributed by atoms with Crippen molar-refractivity contribution in [1.29, 1.82) is 0 Å². The van der Waals surface area contributed by atoms with Gasteiger partial charge in [-0.3, -0.25) is 4.79 Å². The Morgan fingerprint density at radius 1 is 1.21 bits per heavy atom. The predicted octanol–water partition coefficient (Wildman–Crippen LogP) is 1.43. The number of carboxylic acid groups (broad SMARTS) is 2. The van der Waals surface area contributed by atoms with Gasteiger partial charge in [-0.25, -0.2) is 4.79 Å². The Morgan fingerprint density at radius 2 is 1.84 bits per heavy atom. The standard InChI is InChI=1S/C14H17NO4/c15-12(14(18)19)9-11(13(16)17)8-4-7-10-5-2-1-3-6-10/h1-3,5-6,8,12H,4,7,9,15H2,(H,16,17)(H,18,19)/b11-8-/t12-/m0/s1. The number of hydrogen-bond donors (Lipinski definition) is 3. The van der Waals surface area contributed by atoms with Crippen LogP contribution in [0.1, 0.15) is 18.4 Å². The van der Waals surface area contributed by atoms with E-state index in [9.17, 15) is 9.59 Å². The molecule has 4 N–H and O–H groups in total. The first-order valence-corrected chi connectivity index (χ1v) is 5.95. The van der Waals surface area contributed by atoms with Gasteiger partial charge < -0.3 is 15.9 Å². The minimum atomic E-state index is -1.20. The van der Waals surface area contributed by atoms with Gasteiger partial charge in [0.1, 0.15) is 6.04 Å². The van der Waals surface area contributed by atoms with Gasteiger partial charge in [-0.1, -0.05) is 36.4 Å². The maximum atomic E-state index is 11.0. The lowest BCUT2D eigenvalue weighted by molar-refractivity contribution is -0.138. The van der Waals surface area contributed by atoms with Gasteiger partial charge >= 0.3 is 11.9 Å². The number of rotatable bonds is 7. The SMILES string of the molecule is N[C@@H](C/C(=C/CCc1ccccc1)C(=O)O)C(=O)O. The van der Waals surface area contributed by atoms with Gasteiger partial charge in [0, 0.05) is 12.0 Å². The quantitative estimate of drug-likeness (QED) is 0.646. The Bertz CT molecular complexity index is 468. The summed E-state index contributed by atoms with van der Waals surface area (Å²) in [5.74, 6) is -2.32. The van der Waals surface area contributed by atoms with Crippen LogP contribution in [0.5, 0.6) is 0 Å². The highest BCUT2D eigenvalue weighted by Crippen LogP contribution is 2.09. The summed E-state index contributed by atoms with van der Waals surface area (Å²) in [6.45, 7) is 0. The Balaban J connectivity index is 2.59. The van der Waals surface area contributed by atoms with E-state index in [0.29, 0.717) is 12.8 Å². The predicted molar refractivity (Wildman–Crippen MR) is 70.7 cm³/mol. The summed E-state index contributed by atoms with van der Waals surface area (Å²) in [5, 5.41) is 17.7. The minimum Gasteiger partial charge on any atom is -0.480 e. The zero-order valence-corrected chi connectivity index (χ0v) is 10.5. The maximum absolute atomic E-state index is 11.0. The van der Waals surface area contributed by atoms with Crippen molar-refractivity contribution >= 4 is 11.9 Å². The van der Waals surface area contributed by atoms with E-state index in [1.165, 1.54) is 6.08 Å². The molecule has 5 heteroatoms. The van der Waals surface area contributed by atoms with Gasteiger partial charge in [-0.05, 0) is 18.4 Å². The second kappa shape index (κ2) is 7.33. The minimum absolute atomic E-state index is 0.0471. The molecule has 1 atom stereocenters. The van der Waals surface area contributed by atoms with Crippen molar-refractivity contribution in [3.63, 3.8) is 0 Å². The second-order valence-corrected chi connectivity index (χ2v) is 4.21. The van der Waals surface area contributed by atoms with Crippen LogP contribution >= 0.6 is 0 Å². The van der Waals surface area contributed by atoms with Crippen LogP contribution in [0.2, 0.25) is 0 Å². The molecule has 0 aliphatic rings. The first-order chi connectivity index (χ1) is 9.00. The van der Waals surface area contributed by atoms with Crippen LogP contribution in [0.4, 0.5) is 0 Å². The number of nitrogens with two attached hydrogens (primary N) is 1. The topological polar surface area (TPSA) is 101 Å². The van der Waals surface area contributed by atoms with E-state index in [4.69, 9.17) is 15.9 Å². The largest absolute Gasteiger partial charge is 0.480 e. The Morgan fingerprint density at radius 3 is 2.37 bits per heavy atom. The molecule has 0 aromatic heterocycles. The van der Waals surface area contributed by atoms with Crippen LogP contribution in [-0.2, 0) is 16.0 Å². The first-order valence-electron chi connectivity index (χ1n) is 5.95. The maximum Gasteiger partial charge on any atom is 0.331 e. The molecule has 19 heavy (non-hydrogen) atoms. The van der Waals surface area contributed by atoms with Crippen LogP contribution in [-0.4, -0.2) is 28.2 Å². The van der Waals surface area contributed by atoms with Gasteiger partial charge in [-0.15, -0.1) is 0 Å². The highest BCUT2D eigenvalue weighted by molar-refractivity contribution is 5.88. The highest BCUT2D eigenvalue weighted by Gasteiger charge is 2.17. The molecule has 0 aliphatic heterocycles. The van der Waals surface area contributed by atoms with Crippen molar-refractivity contribution in [3.05, 3.63) is 47.5 Å². The summed E-state index contributed by atoms with van der Waals surface area (Å²) in [6.07, 6.45) is 2.62. The molecule has 0 heterocycles. The van der Waals surface area contributed by atoms with Crippen molar-refractivity contribution in [1.82, 2.24) is 0 Å². The van der Waals surface area contributed by atoms with E-state index in [-0.39, 0.29) is 12.0 Å². The van der Waals surface area contributed by atoms with Crippen LogP contribution in [0.3, 0.4) is 0 Å². The second-order valence-electron chi connectivity index (χ2n) is 4.21. The molecule has 0 unspecified atom stereocenters. The number of allylic oxidation sites excluding steroid dienone is 1.